The second-order valence-corrected chi connectivity index (χ2v) is 5.95. The first-order valence-electron chi connectivity index (χ1n) is 7.83. The van der Waals surface area contributed by atoms with Crippen molar-refractivity contribution in [3.63, 3.8) is 0 Å². The van der Waals surface area contributed by atoms with Crippen LogP contribution >= 0.6 is 0 Å². The number of fused-ring (bicyclic) bond motifs is 1. The first kappa shape index (κ1) is 14.8. The number of nitrogens with zero attached hydrogens (tertiary/aromatic N) is 2. The maximum Gasteiger partial charge on any atom is 0.111 e. The Morgan fingerprint density at radius 3 is 2.45 bits per heavy atom. The molecule has 0 aliphatic carbocycles. The average molecular weight is 293 g/mol. The number of hydrogen-bond acceptors (Lipinski definition) is 2. The first-order chi connectivity index (χ1) is 10.7. The zero-order chi connectivity index (χ0) is 15.5. The number of likely N-dealkylation sites (N-methyl/N-ethyl adjacent to an activating group) is 1. The summed E-state index contributed by atoms with van der Waals surface area (Å²) >= 11 is 0. The molecule has 0 fully saturated rings. The molecule has 0 aliphatic heterocycles. The topological polar surface area (TPSA) is 29.9 Å². The number of nitrogens with one attached hydrogen (secondary N) is 1. The highest BCUT2D eigenvalue weighted by molar-refractivity contribution is 5.77. The normalized spacial score (nSPS) is 11.2. The lowest BCUT2D eigenvalue weighted by Gasteiger charge is -2.10. The van der Waals surface area contributed by atoms with Crippen LogP contribution in [0.5, 0.6) is 0 Å². The van der Waals surface area contributed by atoms with E-state index in [1.807, 2.05) is 7.05 Å². The zero-order valence-corrected chi connectivity index (χ0v) is 13.6. The van der Waals surface area contributed by atoms with Gasteiger partial charge < -0.3 is 9.88 Å². The fourth-order valence-electron chi connectivity index (χ4n) is 2.77. The number of aryl methyl sites for hydroxylation is 2. The highest BCUT2D eigenvalue weighted by Crippen LogP contribution is 2.20. The third-order valence-electron chi connectivity index (χ3n) is 4.04. The number of imidazole rings is 1. The maximum atomic E-state index is 4.85. The van der Waals surface area contributed by atoms with E-state index in [2.05, 4.69) is 66.2 Å². The van der Waals surface area contributed by atoms with Gasteiger partial charge in [0.1, 0.15) is 5.82 Å². The molecule has 3 aromatic rings. The minimum Gasteiger partial charge on any atom is -0.323 e. The van der Waals surface area contributed by atoms with E-state index in [1.54, 1.807) is 0 Å². The molecule has 0 radical (unpaired) electrons. The Morgan fingerprint density at radius 2 is 1.73 bits per heavy atom. The van der Waals surface area contributed by atoms with Crippen LogP contribution in [0.2, 0.25) is 0 Å². The van der Waals surface area contributed by atoms with Gasteiger partial charge in [-0.3, -0.25) is 0 Å². The standard InChI is InChI=1S/C19H23N3/c1-14-4-7-16(8-5-14)13-22-18-9-6-15(2)12-17(18)21-19(22)10-11-20-3/h4-9,12,20H,10-11,13H2,1-3H3. The molecule has 22 heavy (non-hydrogen) atoms. The van der Waals surface area contributed by atoms with Crippen molar-refractivity contribution in [1.82, 2.24) is 14.9 Å². The van der Waals surface area contributed by atoms with E-state index >= 15 is 0 Å². The predicted molar refractivity (Wildman–Crippen MR) is 92.4 cm³/mol. The maximum absolute atomic E-state index is 4.85. The van der Waals surface area contributed by atoms with E-state index in [4.69, 9.17) is 4.98 Å². The molecule has 0 bridgehead atoms. The van der Waals surface area contributed by atoms with Gasteiger partial charge in [0.05, 0.1) is 11.0 Å². The van der Waals surface area contributed by atoms with E-state index < -0.39 is 0 Å². The fourth-order valence-corrected chi connectivity index (χ4v) is 2.77. The van der Waals surface area contributed by atoms with E-state index in [-0.39, 0.29) is 0 Å². The number of benzene rings is 2. The van der Waals surface area contributed by atoms with Crippen molar-refractivity contribution in [1.29, 1.82) is 0 Å². The molecule has 1 aromatic heterocycles. The molecule has 1 heterocycles. The van der Waals surface area contributed by atoms with Gasteiger partial charge in [0, 0.05) is 19.5 Å². The van der Waals surface area contributed by atoms with Crippen molar-refractivity contribution < 1.29 is 0 Å². The largest absolute Gasteiger partial charge is 0.323 e. The van der Waals surface area contributed by atoms with Gasteiger partial charge in [-0.15, -0.1) is 0 Å². The molecule has 0 unspecified atom stereocenters. The third kappa shape index (κ3) is 3.04. The van der Waals surface area contributed by atoms with Crippen LogP contribution in [0.3, 0.4) is 0 Å². The summed E-state index contributed by atoms with van der Waals surface area (Å²) < 4.78 is 2.34. The molecule has 0 amide bonds. The van der Waals surface area contributed by atoms with Gasteiger partial charge in [-0.2, -0.15) is 0 Å². The molecule has 2 aromatic carbocycles. The molecule has 3 nitrogen and oxygen atoms in total. The highest BCUT2D eigenvalue weighted by atomic mass is 15.1. The van der Waals surface area contributed by atoms with Gasteiger partial charge in [-0.05, 0) is 44.2 Å². The van der Waals surface area contributed by atoms with E-state index in [0.717, 1.165) is 30.9 Å². The summed E-state index contributed by atoms with van der Waals surface area (Å²) in [6.07, 6.45) is 0.941. The lowest BCUT2D eigenvalue weighted by atomic mass is 10.1. The van der Waals surface area contributed by atoms with Crippen LogP contribution in [0.15, 0.2) is 42.5 Å². The van der Waals surface area contributed by atoms with Gasteiger partial charge >= 0.3 is 0 Å². The minimum absolute atomic E-state index is 0.874. The SMILES string of the molecule is CNCCc1nc2cc(C)ccc2n1Cc1ccc(C)cc1. The lowest BCUT2D eigenvalue weighted by Crippen LogP contribution is -2.14. The predicted octanol–water partition coefficient (Wildman–Crippen LogP) is 3.46. The summed E-state index contributed by atoms with van der Waals surface area (Å²) in [5, 5.41) is 3.22. The Labute approximate surface area is 132 Å². The van der Waals surface area contributed by atoms with Gasteiger partial charge in [0.15, 0.2) is 0 Å². The molecule has 114 valence electrons. The molecule has 0 spiro atoms. The van der Waals surface area contributed by atoms with Crippen molar-refractivity contribution in [2.24, 2.45) is 0 Å². The van der Waals surface area contributed by atoms with Gasteiger partial charge in [-0.25, -0.2) is 4.98 Å². The molecule has 0 saturated carbocycles. The first-order valence-corrected chi connectivity index (χ1v) is 7.83. The highest BCUT2D eigenvalue weighted by Gasteiger charge is 2.11. The number of aromatic nitrogens is 2. The Kier molecular flexibility index (Phi) is 4.25. The zero-order valence-electron chi connectivity index (χ0n) is 13.6. The summed E-state index contributed by atoms with van der Waals surface area (Å²) in [6, 6.07) is 15.3. The van der Waals surface area contributed by atoms with Crippen LogP contribution in [-0.2, 0) is 13.0 Å². The van der Waals surface area contributed by atoms with E-state index in [9.17, 15) is 0 Å². The molecule has 3 heteroatoms. The second kappa shape index (κ2) is 6.32. The number of hydrogen-bond donors (Lipinski definition) is 1. The molecule has 3 rings (SSSR count). The molecule has 0 aliphatic rings. The minimum atomic E-state index is 0.874. The molecular weight excluding hydrogens is 270 g/mol. The van der Waals surface area contributed by atoms with Crippen molar-refractivity contribution >= 4 is 11.0 Å². The molecular formula is C19H23N3. The van der Waals surface area contributed by atoms with Crippen LogP contribution in [0.4, 0.5) is 0 Å². The monoisotopic (exact) mass is 293 g/mol. The summed E-state index contributed by atoms with van der Waals surface area (Å²) in [4.78, 5) is 4.85. The Bertz CT molecular complexity index is 769. The number of rotatable bonds is 5. The lowest BCUT2D eigenvalue weighted by molar-refractivity contribution is 0.696. The van der Waals surface area contributed by atoms with Gasteiger partial charge in [-0.1, -0.05) is 35.9 Å². The third-order valence-corrected chi connectivity index (χ3v) is 4.04. The summed E-state index contributed by atoms with van der Waals surface area (Å²) in [7, 11) is 1.98. The Balaban J connectivity index is 2.02. The fraction of sp³-hybridized carbons (Fsp3) is 0.316. The second-order valence-electron chi connectivity index (χ2n) is 5.95. The van der Waals surface area contributed by atoms with Crippen molar-refractivity contribution in [2.75, 3.05) is 13.6 Å². The summed E-state index contributed by atoms with van der Waals surface area (Å²) in [5.74, 6) is 1.15. The van der Waals surface area contributed by atoms with Gasteiger partial charge in [0.25, 0.3) is 0 Å². The average Bonchev–Trinajstić information content (AvgIpc) is 2.84. The van der Waals surface area contributed by atoms with Gasteiger partial charge in [0.2, 0.25) is 0 Å². The summed E-state index contributed by atoms with van der Waals surface area (Å²) in [5.41, 5.74) is 6.18. The molecule has 1 N–H and O–H groups in total. The van der Waals surface area contributed by atoms with Crippen LogP contribution in [0.25, 0.3) is 11.0 Å². The quantitative estimate of drug-likeness (QED) is 0.780. The van der Waals surface area contributed by atoms with Crippen LogP contribution in [-0.4, -0.2) is 23.1 Å². The summed E-state index contributed by atoms with van der Waals surface area (Å²) in [6.45, 7) is 6.05. The smallest absolute Gasteiger partial charge is 0.111 e. The van der Waals surface area contributed by atoms with Crippen LogP contribution in [0.1, 0.15) is 22.5 Å². The van der Waals surface area contributed by atoms with Crippen molar-refractivity contribution in [3.05, 3.63) is 65.0 Å². The van der Waals surface area contributed by atoms with Crippen molar-refractivity contribution in [3.8, 4) is 0 Å². The van der Waals surface area contributed by atoms with Crippen molar-refractivity contribution in [2.45, 2.75) is 26.8 Å². The Morgan fingerprint density at radius 1 is 1.00 bits per heavy atom. The van der Waals surface area contributed by atoms with Crippen LogP contribution in [0, 0.1) is 13.8 Å². The van der Waals surface area contributed by atoms with E-state index in [1.165, 1.54) is 22.2 Å². The molecule has 0 atom stereocenters. The Hall–Kier alpha value is -2.13. The van der Waals surface area contributed by atoms with Crippen LogP contribution < -0.4 is 5.32 Å². The molecule has 0 saturated heterocycles. The van der Waals surface area contributed by atoms with E-state index in [0.29, 0.717) is 0 Å².